The zero-order chi connectivity index (χ0) is 13.1. The van der Waals surface area contributed by atoms with E-state index in [9.17, 15) is 4.79 Å². The highest BCUT2D eigenvalue weighted by molar-refractivity contribution is 5.85. The van der Waals surface area contributed by atoms with Crippen molar-refractivity contribution in [1.82, 2.24) is 10.6 Å². The molecule has 0 radical (unpaired) electrons. The van der Waals surface area contributed by atoms with Gasteiger partial charge < -0.3 is 15.4 Å². The zero-order valence-electron chi connectivity index (χ0n) is 11.4. The highest BCUT2D eigenvalue weighted by Gasteiger charge is 2.27. The molecule has 0 spiro atoms. The van der Waals surface area contributed by atoms with Gasteiger partial charge >= 0.3 is 0 Å². The summed E-state index contributed by atoms with van der Waals surface area (Å²) < 4.78 is 5.65. The van der Waals surface area contributed by atoms with Crippen LogP contribution in [0.4, 0.5) is 0 Å². The lowest BCUT2D eigenvalue weighted by Gasteiger charge is -2.25. The molecule has 5 heteroatoms. The molecule has 2 heterocycles. The lowest BCUT2D eigenvalue weighted by molar-refractivity contribution is -0.134. The van der Waals surface area contributed by atoms with Crippen LogP contribution in [0.25, 0.3) is 0 Å². The first kappa shape index (κ1) is 15.3. The fraction of sp³-hybridized carbons (Fsp3) is 0.533. The molecule has 0 aliphatic carbocycles. The van der Waals surface area contributed by atoms with Crippen molar-refractivity contribution in [3.63, 3.8) is 0 Å². The molecule has 110 valence electrons. The van der Waals surface area contributed by atoms with Crippen LogP contribution in [0, 0.1) is 5.92 Å². The largest absolute Gasteiger partial charge is 0.363 e. The van der Waals surface area contributed by atoms with Crippen molar-refractivity contribution in [1.29, 1.82) is 0 Å². The summed E-state index contributed by atoms with van der Waals surface area (Å²) in [4.78, 5) is 12.3. The molecule has 20 heavy (non-hydrogen) atoms. The second-order valence-corrected chi connectivity index (χ2v) is 5.30. The van der Waals surface area contributed by atoms with Gasteiger partial charge in [-0.3, -0.25) is 4.79 Å². The Kier molecular flexibility index (Phi) is 5.40. The first-order valence-corrected chi connectivity index (χ1v) is 7.02. The van der Waals surface area contributed by atoms with Crippen LogP contribution in [0.15, 0.2) is 24.3 Å². The summed E-state index contributed by atoms with van der Waals surface area (Å²) in [6.07, 6.45) is 1.61. The Morgan fingerprint density at radius 1 is 1.40 bits per heavy atom. The average molecular weight is 297 g/mol. The maximum atomic E-state index is 12.3. The fourth-order valence-corrected chi connectivity index (χ4v) is 2.84. The van der Waals surface area contributed by atoms with E-state index in [1.165, 1.54) is 5.56 Å². The number of benzene rings is 1. The van der Waals surface area contributed by atoms with Gasteiger partial charge in [0.1, 0.15) is 0 Å². The molecule has 0 bridgehead atoms. The summed E-state index contributed by atoms with van der Waals surface area (Å²) in [5.74, 6) is 0.557. The van der Waals surface area contributed by atoms with Crippen molar-refractivity contribution >= 4 is 18.3 Å². The van der Waals surface area contributed by atoms with Crippen molar-refractivity contribution in [2.75, 3.05) is 26.2 Å². The van der Waals surface area contributed by atoms with Gasteiger partial charge in [-0.2, -0.15) is 0 Å². The van der Waals surface area contributed by atoms with Crippen molar-refractivity contribution in [2.24, 2.45) is 5.92 Å². The number of ether oxygens (including phenoxy) is 1. The fourth-order valence-electron chi connectivity index (χ4n) is 2.84. The summed E-state index contributed by atoms with van der Waals surface area (Å²) in [6.45, 7) is 3.43. The monoisotopic (exact) mass is 296 g/mol. The van der Waals surface area contributed by atoms with E-state index < -0.39 is 6.10 Å². The summed E-state index contributed by atoms with van der Waals surface area (Å²) in [6, 6.07) is 8.06. The molecular weight excluding hydrogens is 276 g/mol. The SMILES string of the molecule is Cl.O=C(NCC1CCNC1)C1OCCc2ccccc21. The Hall–Kier alpha value is -1.10. The van der Waals surface area contributed by atoms with Crippen LogP contribution in [0.1, 0.15) is 23.7 Å². The number of hydrogen-bond donors (Lipinski definition) is 2. The van der Waals surface area contributed by atoms with Crippen LogP contribution < -0.4 is 10.6 Å². The van der Waals surface area contributed by atoms with Crippen LogP contribution >= 0.6 is 12.4 Å². The van der Waals surface area contributed by atoms with E-state index in [1.807, 2.05) is 18.2 Å². The molecule has 2 aliphatic heterocycles. The van der Waals surface area contributed by atoms with Crippen molar-refractivity contribution in [3.8, 4) is 0 Å². The summed E-state index contributed by atoms with van der Waals surface area (Å²) in [7, 11) is 0. The molecule has 1 aromatic carbocycles. The van der Waals surface area contributed by atoms with Crippen molar-refractivity contribution in [2.45, 2.75) is 18.9 Å². The van der Waals surface area contributed by atoms with Gasteiger partial charge in [-0.05, 0) is 43.0 Å². The molecule has 1 fully saturated rings. The Bertz CT molecular complexity index is 461. The summed E-state index contributed by atoms with van der Waals surface area (Å²) in [5.41, 5.74) is 2.26. The summed E-state index contributed by atoms with van der Waals surface area (Å²) >= 11 is 0. The Labute approximate surface area is 125 Å². The third-order valence-electron chi connectivity index (χ3n) is 3.96. The molecule has 0 aromatic heterocycles. The van der Waals surface area contributed by atoms with Gasteiger partial charge in [0.15, 0.2) is 6.10 Å². The number of hydrogen-bond acceptors (Lipinski definition) is 3. The minimum Gasteiger partial charge on any atom is -0.363 e. The quantitative estimate of drug-likeness (QED) is 0.888. The molecule has 1 saturated heterocycles. The predicted octanol–water partition coefficient (Wildman–Crippen LogP) is 1.45. The highest BCUT2D eigenvalue weighted by Crippen LogP contribution is 2.27. The van der Waals surface area contributed by atoms with Gasteiger partial charge in [-0.25, -0.2) is 0 Å². The van der Waals surface area contributed by atoms with E-state index in [4.69, 9.17) is 4.74 Å². The second kappa shape index (κ2) is 7.07. The molecule has 2 atom stereocenters. The van der Waals surface area contributed by atoms with Gasteiger partial charge in [0.2, 0.25) is 0 Å². The minimum atomic E-state index is -0.431. The molecule has 4 nitrogen and oxygen atoms in total. The predicted molar refractivity (Wildman–Crippen MR) is 80.1 cm³/mol. The molecule has 0 saturated carbocycles. The molecule has 2 N–H and O–H groups in total. The smallest absolute Gasteiger partial charge is 0.253 e. The van der Waals surface area contributed by atoms with E-state index in [0.29, 0.717) is 12.5 Å². The number of carbonyl (C=O) groups excluding carboxylic acids is 1. The standard InChI is InChI=1S/C15H20N2O2.ClH/c18-15(17-10-11-5-7-16-9-11)14-13-4-2-1-3-12(13)6-8-19-14;/h1-4,11,14,16H,5-10H2,(H,17,18);1H. The average Bonchev–Trinajstić information content (AvgIpc) is 2.97. The molecule has 2 unspecified atom stereocenters. The highest BCUT2D eigenvalue weighted by atomic mass is 35.5. The minimum absolute atomic E-state index is 0. The Morgan fingerprint density at radius 2 is 2.25 bits per heavy atom. The summed E-state index contributed by atoms with van der Waals surface area (Å²) in [5, 5.41) is 6.34. The van der Waals surface area contributed by atoms with E-state index in [0.717, 1.165) is 38.0 Å². The van der Waals surface area contributed by atoms with Crippen LogP contribution in [0.3, 0.4) is 0 Å². The number of halogens is 1. The zero-order valence-corrected chi connectivity index (χ0v) is 12.2. The van der Waals surface area contributed by atoms with E-state index in [2.05, 4.69) is 16.7 Å². The molecule has 1 aromatic rings. The first-order valence-electron chi connectivity index (χ1n) is 7.02. The normalized spacial score (nSPS) is 24.6. The van der Waals surface area contributed by atoms with Crippen LogP contribution in [0.2, 0.25) is 0 Å². The number of nitrogens with one attached hydrogen (secondary N) is 2. The van der Waals surface area contributed by atoms with E-state index >= 15 is 0 Å². The number of fused-ring (bicyclic) bond motifs is 1. The third-order valence-corrected chi connectivity index (χ3v) is 3.96. The third kappa shape index (κ3) is 3.32. The second-order valence-electron chi connectivity index (χ2n) is 5.30. The first-order chi connectivity index (χ1) is 9.34. The Balaban J connectivity index is 0.00000147. The lowest BCUT2D eigenvalue weighted by Crippen LogP contribution is -2.36. The number of amides is 1. The van der Waals surface area contributed by atoms with Crippen molar-refractivity contribution in [3.05, 3.63) is 35.4 Å². The van der Waals surface area contributed by atoms with E-state index in [-0.39, 0.29) is 18.3 Å². The maximum Gasteiger partial charge on any atom is 0.253 e. The molecule has 3 rings (SSSR count). The molecule has 2 aliphatic rings. The van der Waals surface area contributed by atoms with E-state index in [1.54, 1.807) is 0 Å². The topological polar surface area (TPSA) is 50.4 Å². The van der Waals surface area contributed by atoms with Gasteiger partial charge in [-0.15, -0.1) is 12.4 Å². The van der Waals surface area contributed by atoms with Gasteiger partial charge in [0.05, 0.1) is 6.61 Å². The number of carbonyl (C=O) groups is 1. The van der Waals surface area contributed by atoms with Crippen LogP contribution in [0.5, 0.6) is 0 Å². The maximum absolute atomic E-state index is 12.3. The van der Waals surface area contributed by atoms with Gasteiger partial charge in [0.25, 0.3) is 5.91 Å². The Morgan fingerprint density at radius 3 is 3.05 bits per heavy atom. The molecular formula is C15H21ClN2O2. The van der Waals surface area contributed by atoms with Gasteiger partial charge in [-0.1, -0.05) is 24.3 Å². The van der Waals surface area contributed by atoms with Crippen molar-refractivity contribution < 1.29 is 9.53 Å². The lowest BCUT2D eigenvalue weighted by atomic mass is 9.97. The number of rotatable bonds is 3. The molecule has 1 amide bonds. The van der Waals surface area contributed by atoms with Crippen LogP contribution in [-0.2, 0) is 16.0 Å². The van der Waals surface area contributed by atoms with Gasteiger partial charge in [0, 0.05) is 6.54 Å². The van der Waals surface area contributed by atoms with Crippen LogP contribution in [-0.4, -0.2) is 32.1 Å².